The fourth-order valence-electron chi connectivity index (χ4n) is 2.55. The van der Waals surface area contributed by atoms with Gasteiger partial charge in [-0.15, -0.1) is 0 Å². The lowest BCUT2D eigenvalue weighted by molar-refractivity contribution is 0.0199. The van der Waals surface area contributed by atoms with Gasteiger partial charge in [0, 0.05) is 24.4 Å². The highest BCUT2D eigenvalue weighted by molar-refractivity contribution is 9.08. The quantitative estimate of drug-likeness (QED) is 0.766. The van der Waals surface area contributed by atoms with Gasteiger partial charge in [-0.3, -0.25) is 0 Å². The zero-order valence-electron chi connectivity index (χ0n) is 11.5. The molecule has 1 aromatic carbocycles. The third kappa shape index (κ3) is 3.63. The van der Waals surface area contributed by atoms with E-state index in [0.717, 1.165) is 48.1 Å². The van der Waals surface area contributed by atoms with E-state index in [4.69, 9.17) is 14.2 Å². The molecule has 0 amide bonds. The summed E-state index contributed by atoms with van der Waals surface area (Å²) in [6.07, 6.45) is 4.86. The molecule has 0 radical (unpaired) electrons. The molecule has 1 aliphatic carbocycles. The van der Waals surface area contributed by atoms with Crippen LogP contribution >= 0.6 is 15.9 Å². The summed E-state index contributed by atoms with van der Waals surface area (Å²) in [7, 11) is 3.46. The van der Waals surface area contributed by atoms with Crippen molar-refractivity contribution in [3.05, 3.63) is 23.8 Å². The van der Waals surface area contributed by atoms with Crippen molar-refractivity contribution in [3.8, 4) is 11.5 Å². The number of halogens is 1. The number of methoxy groups -OCH3 is 2. The number of benzene rings is 1. The van der Waals surface area contributed by atoms with E-state index in [2.05, 4.69) is 22.0 Å². The van der Waals surface area contributed by atoms with Crippen LogP contribution in [-0.2, 0) is 10.1 Å². The molecule has 0 heterocycles. The Morgan fingerprint density at radius 1 is 1.21 bits per heavy atom. The van der Waals surface area contributed by atoms with E-state index in [9.17, 15) is 0 Å². The van der Waals surface area contributed by atoms with E-state index in [1.54, 1.807) is 14.2 Å². The van der Waals surface area contributed by atoms with Gasteiger partial charge in [-0.25, -0.2) is 0 Å². The van der Waals surface area contributed by atoms with E-state index in [1.165, 1.54) is 0 Å². The molecule has 2 unspecified atom stereocenters. The van der Waals surface area contributed by atoms with Crippen molar-refractivity contribution in [2.24, 2.45) is 0 Å². The van der Waals surface area contributed by atoms with Crippen molar-refractivity contribution in [3.63, 3.8) is 0 Å². The number of alkyl halides is 1. The van der Waals surface area contributed by atoms with Gasteiger partial charge in [0.15, 0.2) is 11.5 Å². The first kappa shape index (κ1) is 14.7. The molecule has 3 nitrogen and oxygen atoms in total. The maximum absolute atomic E-state index is 6.20. The van der Waals surface area contributed by atoms with Gasteiger partial charge in [0.05, 0.1) is 13.2 Å². The molecular formula is C15H21BrO3. The van der Waals surface area contributed by atoms with Crippen molar-refractivity contribution < 1.29 is 14.2 Å². The molecule has 0 spiro atoms. The second-order valence-electron chi connectivity index (χ2n) is 4.85. The minimum Gasteiger partial charge on any atom is -0.493 e. The van der Waals surface area contributed by atoms with Gasteiger partial charge in [-0.2, -0.15) is 0 Å². The Balaban J connectivity index is 2.13. The summed E-state index contributed by atoms with van der Waals surface area (Å²) in [6, 6.07) is 5.99. The zero-order chi connectivity index (χ0) is 13.7. The lowest BCUT2D eigenvalue weighted by atomic mass is 9.95. The maximum atomic E-state index is 6.20. The van der Waals surface area contributed by atoms with Gasteiger partial charge in [0.1, 0.15) is 6.10 Å². The summed E-state index contributed by atoms with van der Waals surface area (Å²) in [6.45, 7) is 0. The number of hydrogen-bond acceptors (Lipinski definition) is 3. The number of hydrogen-bond donors (Lipinski definition) is 0. The zero-order valence-corrected chi connectivity index (χ0v) is 13.1. The van der Waals surface area contributed by atoms with Gasteiger partial charge in [0.25, 0.3) is 0 Å². The van der Waals surface area contributed by atoms with Crippen LogP contribution in [0.1, 0.15) is 31.2 Å². The van der Waals surface area contributed by atoms with Crippen LogP contribution in [0.5, 0.6) is 11.5 Å². The first-order chi connectivity index (χ1) is 9.28. The predicted molar refractivity (Wildman–Crippen MR) is 79.3 cm³/mol. The monoisotopic (exact) mass is 328 g/mol. The van der Waals surface area contributed by atoms with E-state index < -0.39 is 0 Å². The average Bonchev–Trinajstić information content (AvgIpc) is 2.47. The van der Waals surface area contributed by atoms with E-state index in [-0.39, 0.29) is 6.10 Å². The van der Waals surface area contributed by atoms with Gasteiger partial charge >= 0.3 is 0 Å². The van der Waals surface area contributed by atoms with Crippen LogP contribution in [0, 0.1) is 0 Å². The molecule has 2 atom stereocenters. The summed E-state index contributed by atoms with van der Waals surface area (Å²) in [5.74, 6) is 1.67. The number of para-hydroxylation sites is 1. The van der Waals surface area contributed by atoms with Crippen molar-refractivity contribution >= 4 is 15.9 Å². The highest BCUT2D eigenvalue weighted by Gasteiger charge is 2.24. The summed E-state index contributed by atoms with van der Waals surface area (Å²) < 4.78 is 17.1. The summed E-state index contributed by atoms with van der Waals surface area (Å²) in [5.41, 5.74) is 1.12. The van der Waals surface area contributed by atoms with E-state index >= 15 is 0 Å². The molecule has 1 saturated carbocycles. The van der Waals surface area contributed by atoms with Crippen LogP contribution in [0.4, 0.5) is 0 Å². The molecule has 1 aliphatic rings. The van der Waals surface area contributed by atoms with Crippen LogP contribution in [0.3, 0.4) is 0 Å². The van der Waals surface area contributed by atoms with E-state index in [0.29, 0.717) is 6.10 Å². The molecule has 106 valence electrons. The fourth-order valence-corrected chi connectivity index (χ4v) is 2.99. The van der Waals surface area contributed by atoms with E-state index in [1.807, 2.05) is 12.1 Å². The first-order valence-electron chi connectivity index (χ1n) is 6.69. The van der Waals surface area contributed by atoms with Gasteiger partial charge in [-0.1, -0.05) is 28.1 Å². The standard InChI is InChI=1S/C15H21BrO3/c1-17-12-6-4-7-13(9-12)19-15-11(10-16)5-3-8-14(15)18-2/h3,5,8,12-13H,4,6-7,9-10H2,1-2H3. The smallest absolute Gasteiger partial charge is 0.165 e. The predicted octanol–water partition coefficient (Wildman–Crippen LogP) is 3.93. The van der Waals surface area contributed by atoms with Crippen molar-refractivity contribution in [1.82, 2.24) is 0 Å². The molecule has 19 heavy (non-hydrogen) atoms. The Morgan fingerprint density at radius 2 is 2.00 bits per heavy atom. The maximum Gasteiger partial charge on any atom is 0.165 e. The largest absolute Gasteiger partial charge is 0.493 e. The molecule has 1 fully saturated rings. The molecule has 0 aromatic heterocycles. The minimum absolute atomic E-state index is 0.216. The Hall–Kier alpha value is -0.740. The van der Waals surface area contributed by atoms with Crippen LogP contribution in [-0.4, -0.2) is 26.4 Å². The highest BCUT2D eigenvalue weighted by atomic mass is 79.9. The Labute approximate surface area is 123 Å². The number of ether oxygens (including phenoxy) is 3. The first-order valence-corrected chi connectivity index (χ1v) is 7.82. The SMILES string of the molecule is COc1cccc(CBr)c1OC1CCCC(OC)C1. The average molecular weight is 329 g/mol. The van der Waals surface area contributed by atoms with Crippen LogP contribution in [0.15, 0.2) is 18.2 Å². The fraction of sp³-hybridized carbons (Fsp3) is 0.600. The third-order valence-corrected chi connectivity index (χ3v) is 4.22. The van der Waals surface area contributed by atoms with Gasteiger partial charge in [-0.05, 0) is 25.3 Å². The summed E-state index contributed by atoms with van der Waals surface area (Å²) in [4.78, 5) is 0. The van der Waals surface area contributed by atoms with Crippen LogP contribution < -0.4 is 9.47 Å². The Morgan fingerprint density at radius 3 is 2.68 bits per heavy atom. The van der Waals surface area contributed by atoms with Crippen molar-refractivity contribution in [2.75, 3.05) is 14.2 Å². The molecule has 0 saturated heterocycles. The Bertz CT molecular complexity index is 386. The van der Waals surface area contributed by atoms with Crippen LogP contribution in [0.25, 0.3) is 0 Å². The second kappa shape index (κ2) is 7.15. The molecule has 0 aliphatic heterocycles. The van der Waals surface area contributed by atoms with Gasteiger partial charge < -0.3 is 14.2 Å². The highest BCUT2D eigenvalue weighted by Crippen LogP contribution is 2.35. The van der Waals surface area contributed by atoms with Crippen molar-refractivity contribution in [1.29, 1.82) is 0 Å². The molecule has 4 heteroatoms. The van der Waals surface area contributed by atoms with Crippen LogP contribution in [0.2, 0.25) is 0 Å². The molecule has 2 rings (SSSR count). The second-order valence-corrected chi connectivity index (χ2v) is 5.41. The molecule has 0 N–H and O–H groups in total. The third-order valence-electron chi connectivity index (χ3n) is 3.62. The topological polar surface area (TPSA) is 27.7 Å². The minimum atomic E-state index is 0.216. The Kier molecular flexibility index (Phi) is 5.52. The molecule has 1 aromatic rings. The molecular weight excluding hydrogens is 308 g/mol. The summed E-state index contributed by atoms with van der Waals surface area (Å²) >= 11 is 3.50. The van der Waals surface area contributed by atoms with Gasteiger partial charge in [0.2, 0.25) is 0 Å². The lowest BCUT2D eigenvalue weighted by Gasteiger charge is -2.29. The lowest BCUT2D eigenvalue weighted by Crippen LogP contribution is -2.29. The number of rotatable bonds is 5. The molecule has 0 bridgehead atoms. The van der Waals surface area contributed by atoms with Crippen molar-refractivity contribution in [2.45, 2.75) is 43.2 Å². The normalized spacial score (nSPS) is 23.1. The summed E-state index contributed by atoms with van der Waals surface area (Å²) in [5, 5.41) is 0.764.